The van der Waals surface area contributed by atoms with Gasteiger partial charge in [-0.3, -0.25) is 4.79 Å². The van der Waals surface area contributed by atoms with Gasteiger partial charge in [0.05, 0.1) is 7.11 Å². The third kappa shape index (κ3) is 8.85. The fourth-order valence-corrected chi connectivity index (χ4v) is 3.33. The first-order chi connectivity index (χ1) is 16.4. The van der Waals surface area contributed by atoms with Crippen LogP contribution in [0.25, 0.3) is 6.08 Å². The minimum atomic E-state index is -4.76. The van der Waals surface area contributed by atoms with Crippen molar-refractivity contribution >= 4 is 17.7 Å². The first kappa shape index (κ1) is 27.5. The van der Waals surface area contributed by atoms with Gasteiger partial charge in [-0.15, -0.1) is 13.2 Å². The van der Waals surface area contributed by atoms with Crippen molar-refractivity contribution in [3.05, 3.63) is 94.1 Å². The molecule has 0 spiro atoms. The highest BCUT2D eigenvalue weighted by molar-refractivity contribution is 6.00. The highest BCUT2D eigenvalue weighted by atomic mass is 19.4. The molecule has 0 aliphatic heterocycles. The number of rotatable bonds is 8. The van der Waals surface area contributed by atoms with Crippen LogP contribution in [0.3, 0.4) is 0 Å². The molecule has 2 aromatic carbocycles. The normalized spacial score (nSPS) is 12.9. The second-order valence-electron chi connectivity index (χ2n) is 8.11. The maximum absolute atomic E-state index is 12.2. The van der Waals surface area contributed by atoms with E-state index in [0.29, 0.717) is 11.3 Å². The fourth-order valence-electron chi connectivity index (χ4n) is 3.33. The van der Waals surface area contributed by atoms with Crippen LogP contribution in [-0.4, -0.2) is 19.4 Å². The van der Waals surface area contributed by atoms with Crippen LogP contribution in [-0.2, 0) is 4.79 Å². The molecule has 0 fully saturated rings. The quantitative estimate of drug-likeness (QED) is 0.309. The summed E-state index contributed by atoms with van der Waals surface area (Å²) in [5.41, 5.74) is 6.69. The first-order valence-corrected chi connectivity index (χ1v) is 10.9. The van der Waals surface area contributed by atoms with E-state index in [2.05, 4.69) is 30.0 Å². The average Bonchev–Trinajstić information content (AvgIpc) is 2.76. The Balaban J connectivity index is 1.98. The molecule has 4 nitrogen and oxygen atoms in total. The fraction of sp³-hybridized carbons (Fsp3) is 0.250. The Kier molecular flexibility index (Phi) is 9.51. The number of benzene rings is 2. The maximum atomic E-state index is 12.2. The number of aryl methyl sites for hydroxylation is 1. The lowest BCUT2D eigenvalue weighted by molar-refractivity contribution is -0.274. The summed E-state index contributed by atoms with van der Waals surface area (Å²) in [4.78, 5) is 12.2. The smallest absolute Gasteiger partial charge is 0.496 e. The van der Waals surface area contributed by atoms with Crippen LogP contribution >= 0.6 is 0 Å². The van der Waals surface area contributed by atoms with Crippen molar-refractivity contribution in [2.24, 2.45) is 0 Å². The molecule has 2 rings (SSSR count). The van der Waals surface area contributed by atoms with Crippen LogP contribution in [0.1, 0.15) is 36.1 Å². The van der Waals surface area contributed by atoms with E-state index in [9.17, 15) is 18.0 Å². The van der Waals surface area contributed by atoms with Gasteiger partial charge in [-0.25, -0.2) is 0 Å². The molecule has 35 heavy (non-hydrogen) atoms. The summed E-state index contributed by atoms with van der Waals surface area (Å²) < 4.78 is 45.9. The van der Waals surface area contributed by atoms with E-state index in [4.69, 9.17) is 4.74 Å². The van der Waals surface area contributed by atoms with Crippen LogP contribution < -0.4 is 14.8 Å². The van der Waals surface area contributed by atoms with Gasteiger partial charge < -0.3 is 14.8 Å². The first-order valence-electron chi connectivity index (χ1n) is 10.9. The summed E-state index contributed by atoms with van der Waals surface area (Å²) in [7, 11) is 1.67. The Morgan fingerprint density at radius 2 is 1.63 bits per heavy atom. The Labute approximate surface area is 204 Å². The molecule has 2 aromatic rings. The summed E-state index contributed by atoms with van der Waals surface area (Å²) >= 11 is 0. The van der Waals surface area contributed by atoms with Crippen molar-refractivity contribution in [1.82, 2.24) is 0 Å². The molecule has 7 heteroatoms. The highest BCUT2D eigenvalue weighted by Crippen LogP contribution is 2.28. The minimum absolute atomic E-state index is 0.353. The maximum Gasteiger partial charge on any atom is 0.573 e. The molecule has 0 saturated carbocycles. The lowest BCUT2D eigenvalue weighted by Crippen LogP contribution is -2.17. The molecule has 1 amide bonds. The number of hydrogen-bond donors (Lipinski definition) is 1. The van der Waals surface area contributed by atoms with Gasteiger partial charge in [-0.2, -0.15) is 0 Å². The Hall–Kier alpha value is -3.74. The van der Waals surface area contributed by atoms with Crippen molar-refractivity contribution in [3.8, 4) is 11.5 Å². The van der Waals surface area contributed by atoms with E-state index >= 15 is 0 Å². The second-order valence-corrected chi connectivity index (χ2v) is 8.11. The standard InChI is InChI=1S/C28H30F3NO3/c1-18(10-15-25-20(3)17-26(34-6)22(5)21(25)4)8-7-9-19(2)16-27(33)32-23-11-13-24(14-12-23)35-28(29,30)31/h7-17H,1-6H3,(H,32,33). The SMILES string of the molecule is COc1cc(C)c(C=CC(C)=CC=CC(C)=CC(=O)Nc2ccc(OC(F)(F)F)cc2)c(C)c1C. The summed E-state index contributed by atoms with van der Waals surface area (Å²) in [5.74, 6) is 0.137. The molecule has 0 saturated heterocycles. The Morgan fingerprint density at radius 1 is 0.971 bits per heavy atom. The number of allylic oxidation sites excluding steroid dienone is 6. The molecule has 0 aliphatic carbocycles. The molecule has 0 unspecified atom stereocenters. The zero-order valence-electron chi connectivity index (χ0n) is 20.7. The lowest BCUT2D eigenvalue weighted by atomic mass is 9.96. The predicted octanol–water partition coefficient (Wildman–Crippen LogP) is 7.62. The number of ether oxygens (including phenoxy) is 2. The number of alkyl halides is 3. The molecule has 1 N–H and O–H groups in total. The van der Waals surface area contributed by atoms with E-state index in [1.165, 1.54) is 23.8 Å². The number of halogens is 3. The minimum Gasteiger partial charge on any atom is -0.496 e. The van der Waals surface area contributed by atoms with Gasteiger partial charge in [0.2, 0.25) is 5.91 Å². The zero-order chi connectivity index (χ0) is 26.2. The monoisotopic (exact) mass is 485 g/mol. The van der Waals surface area contributed by atoms with E-state index in [-0.39, 0.29) is 5.75 Å². The van der Waals surface area contributed by atoms with Gasteiger partial charge in [0, 0.05) is 11.8 Å². The van der Waals surface area contributed by atoms with Gasteiger partial charge in [0.1, 0.15) is 11.5 Å². The van der Waals surface area contributed by atoms with Crippen molar-refractivity contribution in [2.75, 3.05) is 12.4 Å². The number of anilines is 1. The van der Waals surface area contributed by atoms with Gasteiger partial charge >= 0.3 is 6.36 Å². The van der Waals surface area contributed by atoms with Crippen LogP contribution in [0.5, 0.6) is 11.5 Å². The zero-order valence-corrected chi connectivity index (χ0v) is 20.7. The third-order valence-electron chi connectivity index (χ3n) is 5.27. The van der Waals surface area contributed by atoms with E-state index in [0.717, 1.165) is 40.1 Å². The van der Waals surface area contributed by atoms with Crippen molar-refractivity contribution in [1.29, 1.82) is 0 Å². The van der Waals surface area contributed by atoms with Crippen LogP contribution in [0.15, 0.2) is 71.9 Å². The van der Waals surface area contributed by atoms with Crippen molar-refractivity contribution < 1.29 is 27.4 Å². The topological polar surface area (TPSA) is 47.6 Å². The number of hydrogen-bond acceptors (Lipinski definition) is 3. The van der Waals surface area contributed by atoms with Gasteiger partial charge in [0.25, 0.3) is 0 Å². The van der Waals surface area contributed by atoms with Crippen LogP contribution in [0, 0.1) is 20.8 Å². The summed E-state index contributed by atoms with van der Waals surface area (Å²) in [5, 5.41) is 2.60. The number of amides is 1. The van der Waals surface area contributed by atoms with E-state index < -0.39 is 12.3 Å². The Bertz CT molecular complexity index is 1170. The average molecular weight is 486 g/mol. The molecule has 186 valence electrons. The highest BCUT2D eigenvalue weighted by Gasteiger charge is 2.30. The van der Waals surface area contributed by atoms with Crippen LogP contribution in [0.2, 0.25) is 0 Å². The summed E-state index contributed by atoms with van der Waals surface area (Å²) in [6, 6.07) is 6.98. The number of carbonyl (C=O) groups is 1. The number of carbonyl (C=O) groups excluding carboxylic acids is 1. The summed E-state index contributed by atoms with van der Waals surface area (Å²) in [6.45, 7) is 9.94. The summed E-state index contributed by atoms with van der Waals surface area (Å²) in [6.07, 6.45) is 6.34. The molecule has 0 atom stereocenters. The van der Waals surface area contributed by atoms with Gasteiger partial charge in [0.15, 0.2) is 0 Å². The molecule has 0 heterocycles. The van der Waals surface area contributed by atoms with E-state index in [1.54, 1.807) is 20.1 Å². The molecule has 0 aromatic heterocycles. The molecule has 0 aliphatic rings. The Morgan fingerprint density at radius 3 is 2.23 bits per heavy atom. The second kappa shape index (κ2) is 12.1. The molecule has 0 radical (unpaired) electrons. The number of methoxy groups -OCH3 is 1. The molecule has 0 bridgehead atoms. The van der Waals surface area contributed by atoms with Gasteiger partial charge in [-0.05, 0) is 92.8 Å². The number of nitrogens with one attached hydrogen (secondary N) is 1. The molecular formula is C28H30F3NO3. The van der Waals surface area contributed by atoms with Crippen molar-refractivity contribution in [3.63, 3.8) is 0 Å². The lowest BCUT2D eigenvalue weighted by Gasteiger charge is -2.13. The van der Waals surface area contributed by atoms with E-state index in [1.807, 2.05) is 38.1 Å². The van der Waals surface area contributed by atoms with Crippen LogP contribution in [0.4, 0.5) is 18.9 Å². The molecular weight excluding hydrogens is 455 g/mol. The van der Waals surface area contributed by atoms with Gasteiger partial charge in [-0.1, -0.05) is 36.0 Å². The van der Waals surface area contributed by atoms with Crippen molar-refractivity contribution in [2.45, 2.75) is 41.0 Å². The predicted molar refractivity (Wildman–Crippen MR) is 135 cm³/mol. The third-order valence-corrected chi connectivity index (χ3v) is 5.27. The largest absolute Gasteiger partial charge is 0.573 e.